The highest BCUT2D eigenvalue weighted by molar-refractivity contribution is 5.04. The maximum atomic E-state index is 2.67. The van der Waals surface area contributed by atoms with Gasteiger partial charge in [-0.1, -0.05) is 13.3 Å². The highest BCUT2D eigenvalue weighted by Crippen LogP contribution is 2.59. The third-order valence-corrected chi connectivity index (χ3v) is 5.01. The lowest BCUT2D eigenvalue weighted by Gasteiger charge is -2.33. The van der Waals surface area contributed by atoms with Crippen LogP contribution in [0.2, 0.25) is 0 Å². The molecule has 2 saturated carbocycles. The monoisotopic (exact) mass is 179 g/mol. The molecule has 0 amide bonds. The van der Waals surface area contributed by atoms with Gasteiger partial charge in [-0.2, -0.15) is 0 Å². The minimum absolute atomic E-state index is 0.804. The molecule has 1 nitrogen and oxygen atoms in total. The maximum Gasteiger partial charge on any atom is 0.00411 e. The van der Waals surface area contributed by atoms with Gasteiger partial charge in [0.1, 0.15) is 0 Å². The van der Waals surface area contributed by atoms with Crippen LogP contribution in [-0.4, -0.2) is 24.5 Å². The molecule has 0 aromatic heterocycles. The summed E-state index contributed by atoms with van der Waals surface area (Å²) in [5.41, 5.74) is 0.804. The molecule has 0 aromatic carbocycles. The molecule has 3 rings (SSSR count). The lowest BCUT2D eigenvalue weighted by molar-refractivity contribution is 0.165. The summed E-state index contributed by atoms with van der Waals surface area (Å²) in [7, 11) is 0. The van der Waals surface area contributed by atoms with E-state index in [0.717, 1.165) is 17.3 Å². The van der Waals surface area contributed by atoms with Crippen LogP contribution < -0.4 is 0 Å². The first-order valence-electron chi connectivity index (χ1n) is 6.05. The van der Waals surface area contributed by atoms with Crippen molar-refractivity contribution in [1.82, 2.24) is 4.90 Å². The summed E-state index contributed by atoms with van der Waals surface area (Å²) < 4.78 is 0. The van der Waals surface area contributed by atoms with Crippen molar-refractivity contribution in [2.75, 3.05) is 19.6 Å². The number of nitrogens with zero attached hydrogens (tertiary/aromatic N) is 1. The fraction of sp³-hybridized carbons (Fsp3) is 1.00. The highest BCUT2D eigenvalue weighted by atomic mass is 15.2. The molecular weight excluding hydrogens is 158 g/mol. The van der Waals surface area contributed by atoms with E-state index in [4.69, 9.17) is 0 Å². The second-order valence-electron chi connectivity index (χ2n) is 5.56. The van der Waals surface area contributed by atoms with Crippen LogP contribution in [0.3, 0.4) is 0 Å². The number of hydrogen-bond donors (Lipinski definition) is 0. The third kappa shape index (κ3) is 1.09. The van der Waals surface area contributed by atoms with Crippen molar-refractivity contribution in [3.8, 4) is 0 Å². The molecule has 3 unspecified atom stereocenters. The van der Waals surface area contributed by atoms with Crippen LogP contribution in [0.5, 0.6) is 0 Å². The van der Waals surface area contributed by atoms with Crippen molar-refractivity contribution in [3.05, 3.63) is 0 Å². The average molecular weight is 179 g/mol. The molecule has 2 aliphatic carbocycles. The second-order valence-corrected chi connectivity index (χ2v) is 5.56. The second kappa shape index (κ2) is 2.73. The van der Waals surface area contributed by atoms with Gasteiger partial charge in [-0.3, -0.25) is 0 Å². The minimum atomic E-state index is 0.804. The molecule has 74 valence electrons. The first-order valence-corrected chi connectivity index (χ1v) is 6.05. The standard InChI is InChI=1S/C12H21N/c1-2-13-6-5-12(9-13)8-10-3-4-11(12)7-10/h10-11H,2-9H2,1H3. The van der Waals surface area contributed by atoms with Crippen LogP contribution >= 0.6 is 0 Å². The topological polar surface area (TPSA) is 3.24 Å². The van der Waals surface area contributed by atoms with Crippen LogP contribution in [-0.2, 0) is 0 Å². The Bertz CT molecular complexity index is 213. The largest absolute Gasteiger partial charge is 0.303 e. The molecule has 0 radical (unpaired) electrons. The van der Waals surface area contributed by atoms with E-state index in [1.54, 1.807) is 25.7 Å². The van der Waals surface area contributed by atoms with Gasteiger partial charge in [0, 0.05) is 6.54 Å². The Kier molecular flexibility index (Phi) is 1.74. The van der Waals surface area contributed by atoms with Gasteiger partial charge < -0.3 is 4.90 Å². The van der Waals surface area contributed by atoms with E-state index in [2.05, 4.69) is 11.8 Å². The summed E-state index contributed by atoms with van der Waals surface area (Å²) >= 11 is 0. The predicted octanol–water partition coefficient (Wildman–Crippen LogP) is 2.52. The lowest BCUT2D eigenvalue weighted by Crippen LogP contribution is -2.31. The van der Waals surface area contributed by atoms with E-state index in [1.165, 1.54) is 26.1 Å². The number of fused-ring (bicyclic) bond motifs is 3. The molecule has 3 atom stereocenters. The Balaban J connectivity index is 1.77. The van der Waals surface area contributed by atoms with Crippen LogP contribution in [0.4, 0.5) is 0 Å². The highest BCUT2D eigenvalue weighted by Gasteiger charge is 2.53. The van der Waals surface area contributed by atoms with Crippen molar-refractivity contribution < 1.29 is 0 Å². The minimum Gasteiger partial charge on any atom is -0.303 e. The Labute approximate surface area is 81.5 Å². The zero-order chi connectivity index (χ0) is 8.89. The van der Waals surface area contributed by atoms with Gasteiger partial charge in [0.15, 0.2) is 0 Å². The summed E-state index contributed by atoms with van der Waals surface area (Å²) in [6, 6.07) is 0. The predicted molar refractivity (Wildman–Crippen MR) is 54.6 cm³/mol. The number of rotatable bonds is 1. The number of hydrogen-bond acceptors (Lipinski definition) is 1. The Morgan fingerprint density at radius 3 is 2.85 bits per heavy atom. The van der Waals surface area contributed by atoms with Gasteiger partial charge in [-0.15, -0.1) is 0 Å². The molecule has 1 heteroatoms. The summed E-state index contributed by atoms with van der Waals surface area (Å²) in [6.45, 7) is 6.41. The summed E-state index contributed by atoms with van der Waals surface area (Å²) in [4.78, 5) is 2.67. The molecule has 0 N–H and O–H groups in total. The van der Waals surface area contributed by atoms with E-state index in [0.29, 0.717) is 0 Å². The van der Waals surface area contributed by atoms with Crippen LogP contribution in [0.15, 0.2) is 0 Å². The van der Waals surface area contributed by atoms with Crippen molar-refractivity contribution in [2.45, 2.75) is 39.0 Å². The van der Waals surface area contributed by atoms with Gasteiger partial charge in [0.25, 0.3) is 0 Å². The summed E-state index contributed by atoms with van der Waals surface area (Å²) in [5, 5.41) is 0. The first-order chi connectivity index (χ1) is 6.32. The zero-order valence-corrected chi connectivity index (χ0v) is 8.76. The third-order valence-electron chi connectivity index (χ3n) is 5.01. The van der Waals surface area contributed by atoms with Gasteiger partial charge in [0.2, 0.25) is 0 Å². The summed E-state index contributed by atoms with van der Waals surface area (Å²) in [6.07, 6.45) is 7.79. The normalized spacial score (nSPS) is 49.6. The molecule has 3 aliphatic rings. The summed E-state index contributed by atoms with van der Waals surface area (Å²) in [5.74, 6) is 2.25. The Morgan fingerprint density at radius 2 is 2.31 bits per heavy atom. The molecule has 1 spiro atoms. The van der Waals surface area contributed by atoms with E-state index < -0.39 is 0 Å². The molecular formula is C12H21N. The molecule has 13 heavy (non-hydrogen) atoms. The molecule has 0 aromatic rings. The molecule has 1 saturated heterocycles. The zero-order valence-electron chi connectivity index (χ0n) is 8.76. The Hall–Kier alpha value is -0.0400. The SMILES string of the molecule is CCN1CCC2(CC3CCC2C3)C1. The van der Waals surface area contributed by atoms with Crippen molar-refractivity contribution in [1.29, 1.82) is 0 Å². The Morgan fingerprint density at radius 1 is 1.38 bits per heavy atom. The maximum absolute atomic E-state index is 2.67. The molecule has 2 bridgehead atoms. The molecule has 3 fully saturated rings. The van der Waals surface area contributed by atoms with Crippen LogP contribution in [0, 0.1) is 17.3 Å². The fourth-order valence-electron chi connectivity index (χ4n) is 4.31. The average Bonchev–Trinajstić information content (AvgIpc) is 2.80. The number of likely N-dealkylation sites (tertiary alicyclic amines) is 1. The quantitative estimate of drug-likeness (QED) is 0.598. The van der Waals surface area contributed by atoms with E-state index in [-0.39, 0.29) is 0 Å². The van der Waals surface area contributed by atoms with Gasteiger partial charge in [-0.05, 0) is 56.0 Å². The van der Waals surface area contributed by atoms with E-state index >= 15 is 0 Å². The smallest absolute Gasteiger partial charge is 0.00411 e. The molecule has 1 aliphatic heterocycles. The van der Waals surface area contributed by atoms with Gasteiger partial charge in [0.05, 0.1) is 0 Å². The van der Waals surface area contributed by atoms with Crippen molar-refractivity contribution in [3.63, 3.8) is 0 Å². The first kappa shape index (κ1) is 8.28. The van der Waals surface area contributed by atoms with E-state index in [1.807, 2.05) is 0 Å². The van der Waals surface area contributed by atoms with Crippen molar-refractivity contribution >= 4 is 0 Å². The fourth-order valence-corrected chi connectivity index (χ4v) is 4.31. The van der Waals surface area contributed by atoms with Crippen LogP contribution in [0.1, 0.15) is 39.0 Å². The lowest BCUT2D eigenvalue weighted by atomic mass is 9.72. The van der Waals surface area contributed by atoms with Crippen LogP contribution in [0.25, 0.3) is 0 Å². The van der Waals surface area contributed by atoms with Gasteiger partial charge in [-0.25, -0.2) is 0 Å². The van der Waals surface area contributed by atoms with Gasteiger partial charge >= 0.3 is 0 Å². The van der Waals surface area contributed by atoms with Crippen molar-refractivity contribution in [2.24, 2.45) is 17.3 Å². The van der Waals surface area contributed by atoms with E-state index in [9.17, 15) is 0 Å². The molecule has 1 heterocycles.